The lowest BCUT2D eigenvalue weighted by Crippen LogP contribution is -2.38. The van der Waals surface area contributed by atoms with Crippen LogP contribution in [0.25, 0.3) is 0 Å². The lowest BCUT2D eigenvalue weighted by Gasteiger charge is -2.29. The number of aliphatic hydroxyl groups excluding tert-OH is 1. The average Bonchev–Trinajstić information content (AvgIpc) is 3.31. The number of hydrogen-bond donors (Lipinski definition) is 2. The second-order valence-corrected chi connectivity index (χ2v) is 10.7. The Bertz CT molecular complexity index is 1380. The molecule has 2 aliphatic heterocycles. The van der Waals surface area contributed by atoms with E-state index in [-0.39, 0.29) is 23.5 Å². The van der Waals surface area contributed by atoms with E-state index in [0.29, 0.717) is 57.1 Å². The van der Waals surface area contributed by atoms with Crippen LogP contribution in [0, 0.1) is 5.92 Å². The number of nitrogens with zero attached hydrogens (tertiary/aromatic N) is 5. The molecule has 2 amide bonds. The van der Waals surface area contributed by atoms with Crippen LogP contribution in [0.15, 0.2) is 53.1 Å². The number of pyridine rings is 1. The third-order valence-electron chi connectivity index (χ3n) is 7.50. The van der Waals surface area contributed by atoms with Crippen LogP contribution < -0.4 is 15.1 Å². The molecule has 0 radical (unpaired) electrons. The van der Waals surface area contributed by atoms with Gasteiger partial charge in [-0.05, 0) is 42.9 Å². The number of hydrogen-bond acceptors (Lipinski definition) is 8. The zero-order valence-corrected chi connectivity index (χ0v) is 23.2. The van der Waals surface area contributed by atoms with Gasteiger partial charge in [-0.1, -0.05) is 37.3 Å². The number of aliphatic hydroxyl groups is 1. The first-order valence-electron chi connectivity index (χ1n) is 14.0. The van der Waals surface area contributed by atoms with Crippen molar-refractivity contribution in [3.63, 3.8) is 0 Å². The molecule has 2 aromatic heterocycles. The van der Waals surface area contributed by atoms with E-state index in [0.717, 1.165) is 12.8 Å². The van der Waals surface area contributed by atoms with Crippen molar-refractivity contribution in [1.82, 2.24) is 14.9 Å². The summed E-state index contributed by atoms with van der Waals surface area (Å²) < 4.78 is 46.6. The zero-order valence-electron chi connectivity index (χ0n) is 23.2. The maximum absolute atomic E-state index is 13.7. The highest BCUT2D eigenvalue weighted by molar-refractivity contribution is 6.03. The second-order valence-electron chi connectivity index (χ2n) is 10.7. The molecule has 2 atom stereocenters. The van der Waals surface area contributed by atoms with Crippen molar-refractivity contribution in [3.05, 3.63) is 65.7 Å². The van der Waals surface area contributed by atoms with Crippen molar-refractivity contribution in [3.8, 4) is 0 Å². The van der Waals surface area contributed by atoms with Gasteiger partial charge in [-0.25, -0.2) is 4.98 Å². The van der Waals surface area contributed by atoms with Gasteiger partial charge in [0.15, 0.2) is 11.8 Å². The molecule has 5 rings (SSSR count). The molecule has 1 aromatic carbocycles. The molecule has 3 aromatic rings. The minimum Gasteiger partial charge on any atom is -0.417 e. The molecule has 10 nitrogen and oxygen atoms in total. The Hall–Kier alpha value is -4.13. The number of rotatable bonds is 6. The fourth-order valence-corrected chi connectivity index (χ4v) is 5.31. The Kier molecular flexibility index (Phi) is 8.66. The summed E-state index contributed by atoms with van der Waals surface area (Å²) in [5, 5.41) is 12.9. The Morgan fingerprint density at radius 2 is 1.79 bits per heavy atom. The molecule has 13 heteroatoms. The summed E-state index contributed by atoms with van der Waals surface area (Å²) >= 11 is 0. The van der Waals surface area contributed by atoms with E-state index in [1.807, 2.05) is 17.9 Å². The summed E-state index contributed by atoms with van der Waals surface area (Å²) in [6, 6.07) is 11.7. The molecule has 2 aliphatic rings. The molecule has 2 fully saturated rings. The predicted molar refractivity (Wildman–Crippen MR) is 149 cm³/mol. The fraction of sp³-hybridized carbons (Fsp3) is 0.448. The molecule has 0 saturated carbocycles. The van der Waals surface area contributed by atoms with Crippen LogP contribution in [0.2, 0.25) is 0 Å². The number of aromatic nitrogens is 2. The van der Waals surface area contributed by atoms with Gasteiger partial charge in [0.25, 0.3) is 17.8 Å². The SMILES string of the molecule is CC1CCCN(c2nc(C(F)(F)F)c(C(=O)Nc3ccc(N4CCCN(C(=O)[C@H](O)c5ccccc5)CC4)nc3)o2)C1. The fourth-order valence-electron chi connectivity index (χ4n) is 5.31. The largest absolute Gasteiger partial charge is 0.437 e. The lowest BCUT2D eigenvalue weighted by molar-refractivity contribution is -0.141. The van der Waals surface area contributed by atoms with Crippen molar-refractivity contribution in [2.24, 2.45) is 5.92 Å². The van der Waals surface area contributed by atoms with Crippen molar-refractivity contribution >= 4 is 29.3 Å². The normalized spacial score (nSPS) is 18.9. The highest BCUT2D eigenvalue weighted by Crippen LogP contribution is 2.35. The summed E-state index contributed by atoms with van der Waals surface area (Å²) in [5.74, 6) is -1.47. The third-order valence-corrected chi connectivity index (χ3v) is 7.50. The van der Waals surface area contributed by atoms with Crippen LogP contribution in [-0.4, -0.2) is 71.1 Å². The topological polar surface area (TPSA) is 115 Å². The van der Waals surface area contributed by atoms with Gasteiger partial charge in [0.1, 0.15) is 5.82 Å². The number of nitrogens with one attached hydrogen (secondary N) is 1. The number of carbonyl (C=O) groups excluding carboxylic acids is 2. The Morgan fingerprint density at radius 1 is 1.02 bits per heavy atom. The second kappa shape index (κ2) is 12.4. The number of anilines is 3. The van der Waals surface area contributed by atoms with E-state index in [1.54, 1.807) is 46.2 Å². The predicted octanol–water partition coefficient (Wildman–Crippen LogP) is 4.35. The van der Waals surface area contributed by atoms with Gasteiger partial charge < -0.3 is 29.5 Å². The van der Waals surface area contributed by atoms with E-state index in [2.05, 4.69) is 15.3 Å². The summed E-state index contributed by atoms with van der Waals surface area (Å²) in [5.41, 5.74) is -0.634. The molecule has 42 heavy (non-hydrogen) atoms. The van der Waals surface area contributed by atoms with E-state index < -0.39 is 29.6 Å². The maximum atomic E-state index is 13.7. The molecule has 224 valence electrons. The molecule has 1 unspecified atom stereocenters. The third kappa shape index (κ3) is 6.67. The minimum atomic E-state index is -4.86. The summed E-state index contributed by atoms with van der Waals surface area (Å²) in [7, 11) is 0. The number of benzene rings is 1. The molecule has 0 aliphatic carbocycles. The number of carbonyl (C=O) groups is 2. The van der Waals surface area contributed by atoms with Crippen LogP contribution in [0.1, 0.15) is 54.1 Å². The monoisotopic (exact) mass is 586 g/mol. The molecule has 4 heterocycles. The molecule has 0 spiro atoms. The van der Waals surface area contributed by atoms with Crippen molar-refractivity contribution in [2.75, 3.05) is 54.4 Å². The first-order chi connectivity index (χ1) is 20.1. The highest BCUT2D eigenvalue weighted by atomic mass is 19.4. The molecular formula is C29H33F3N6O4. The summed E-state index contributed by atoms with van der Waals surface area (Å²) in [6.07, 6.45) is -2.33. The van der Waals surface area contributed by atoms with Gasteiger partial charge in [-0.15, -0.1) is 0 Å². The zero-order chi connectivity index (χ0) is 29.9. The van der Waals surface area contributed by atoms with Crippen LogP contribution in [0.4, 0.5) is 30.7 Å². The lowest BCUT2D eigenvalue weighted by atomic mass is 10.0. The Balaban J connectivity index is 1.22. The van der Waals surface area contributed by atoms with Crippen LogP contribution in [0.3, 0.4) is 0 Å². The van der Waals surface area contributed by atoms with Crippen LogP contribution in [-0.2, 0) is 11.0 Å². The average molecular weight is 587 g/mol. The number of halogens is 3. The van der Waals surface area contributed by atoms with E-state index in [4.69, 9.17) is 4.42 Å². The molecule has 2 saturated heterocycles. The smallest absolute Gasteiger partial charge is 0.417 e. The number of piperidine rings is 1. The van der Waals surface area contributed by atoms with E-state index >= 15 is 0 Å². The number of amides is 2. The standard InChI is InChI=1S/C29H33F3N6O4/c1-19-7-5-12-38(18-19)28-35-25(29(30,31)32)24(42-28)26(40)34-21-10-11-22(33-17-21)36-13-6-14-37(16-15-36)27(41)23(39)20-8-3-2-4-9-20/h2-4,8-11,17,19,23,39H,5-7,12-16,18H2,1H3,(H,34,40)/t19?,23-/m1/s1. The molecule has 0 bridgehead atoms. The van der Waals surface area contributed by atoms with Crippen molar-refractivity contribution in [2.45, 2.75) is 38.5 Å². The van der Waals surface area contributed by atoms with Gasteiger partial charge in [0.05, 0.1) is 11.9 Å². The summed E-state index contributed by atoms with van der Waals surface area (Å²) in [4.78, 5) is 39.0. The highest BCUT2D eigenvalue weighted by Gasteiger charge is 2.42. The van der Waals surface area contributed by atoms with Gasteiger partial charge in [0, 0.05) is 39.3 Å². The molecule has 2 N–H and O–H groups in total. The van der Waals surface area contributed by atoms with Gasteiger partial charge >= 0.3 is 6.18 Å². The Labute approximate surface area is 241 Å². The maximum Gasteiger partial charge on any atom is 0.437 e. The van der Waals surface area contributed by atoms with E-state index in [1.165, 1.54) is 6.20 Å². The van der Waals surface area contributed by atoms with Crippen LogP contribution in [0.5, 0.6) is 0 Å². The summed E-state index contributed by atoms with van der Waals surface area (Å²) in [6.45, 7) is 4.94. The van der Waals surface area contributed by atoms with Gasteiger partial charge in [-0.3, -0.25) is 9.59 Å². The van der Waals surface area contributed by atoms with E-state index in [9.17, 15) is 27.9 Å². The minimum absolute atomic E-state index is 0.194. The first-order valence-corrected chi connectivity index (χ1v) is 14.0. The quantitative estimate of drug-likeness (QED) is 0.438. The number of alkyl halides is 3. The molecular weight excluding hydrogens is 553 g/mol. The Morgan fingerprint density at radius 3 is 2.48 bits per heavy atom. The van der Waals surface area contributed by atoms with Crippen molar-refractivity contribution < 1.29 is 32.3 Å². The van der Waals surface area contributed by atoms with Gasteiger partial charge in [-0.2, -0.15) is 18.2 Å². The van der Waals surface area contributed by atoms with Crippen LogP contribution >= 0.6 is 0 Å². The first kappa shape index (κ1) is 29.4. The van der Waals surface area contributed by atoms with Gasteiger partial charge in [0.2, 0.25) is 5.76 Å². The number of oxazole rings is 1. The van der Waals surface area contributed by atoms with Crippen molar-refractivity contribution in [1.29, 1.82) is 0 Å².